The predicted molar refractivity (Wildman–Crippen MR) is 133 cm³/mol. The van der Waals surface area contributed by atoms with Gasteiger partial charge in [-0.2, -0.15) is 4.98 Å². The molecule has 1 fully saturated rings. The van der Waals surface area contributed by atoms with Crippen molar-refractivity contribution in [1.82, 2.24) is 15.0 Å². The van der Waals surface area contributed by atoms with Crippen LogP contribution in [0, 0.1) is 18.7 Å². The van der Waals surface area contributed by atoms with Gasteiger partial charge in [0, 0.05) is 6.54 Å². The van der Waals surface area contributed by atoms with Crippen LogP contribution in [-0.2, 0) is 6.54 Å². The molecule has 11 heteroatoms. The van der Waals surface area contributed by atoms with Crippen LogP contribution in [0.3, 0.4) is 0 Å². The second kappa shape index (κ2) is 10.00. The number of hydrogen-bond acceptors (Lipinski definition) is 8. The maximum Gasteiger partial charge on any atom is 0.244 e. The maximum absolute atomic E-state index is 13.4. The minimum absolute atomic E-state index is 0.124. The topological polar surface area (TPSA) is 103 Å². The molecule has 0 radical (unpaired) electrons. The van der Waals surface area contributed by atoms with Crippen LogP contribution in [-0.4, -0.2) is 49.8 Å². The molecule has 4 N–H and O–H groups in total. The van der Waals surface area contributed by atoms with Gasteiger partial charge in [0.05, 0.1) is 39.5 Å². The number of nitrogens with one attached hydrogen (secondary N) is 2. The Morgan fingerprint density at radius 1 is 1.03 bits per heavy atom. The van der Waals surface area contributed by atoms with E-state index < -0.39 is 30.6 Å². The Hall–Kier alpha value is -3.28. The maximum atomic E-state index is 13.4. The predicted octanol–water partition coefficient (Wildman–Crippen LogP) is 4.60. The van der Waals surface area contributed by atoms with E-state index in [4.69, 9.17) is 4.98 Å². The van der Waals surface area contributed by atoms with E-state index in [2.05, 4.69) is 20.6 Å². The molecule has 2 aromatic heterocycles. The normalized spacial score (nSPS) is 21.9. The summed E-state index contributed by atoms with van der Waals surface area (Å²) in [6.07, 6.45) is -5.82. The van der Waals surface area contributed by atoms with Crippen molar-refractivity contribution < 1.29 is 23.4 Å². The first-order chi connectivity index (χ1) is 17.3. The lowest BCUT2D eigenvalue weighted by Gasteiger charge is -2.21. The number of fused-ring (bicyclic) bond motifs is 1. The van der Waals surface area contributed by atoms with Crippen LogP contribution in [0.1, 0.15) is 17.7 Å². The first-order valence-corrected chi connectivity index (χ1v) is 12.3. The molecule has 1 aliphatic rings. The van der Waals surface area contributed by atoms with Crippen molar-refractivity contribution >= 4 is 33.3 Å². The number of nitrogens with zero attached hydrogens (tertiary/aromatic N) is 3. The Morgan fingerprint density at radius 2 is 1.78 bits per heavy atom. The average Bonchev–Trinajstić information content (AvgIpc) is 3.40. The molecule has 4 aromatic rings. The zero-order valence-corrected chi connectivity index (χ0v) is 20.0. The number of rotatable bonds is 7. The molecule has 0 spiro atoms. The molecular weight excluding hydrogens is 491 g/mol. The first-order valence-electron chi connectivity index (χ1n) is 11.4. The van der Waals surface area contributed by atoms with Gasteiger partial charge in [-0.05, 0) is 43.2 Å². The summed E-state index contributed by atoms with van der Waals surface area (Å²) in [5.41, 5.74) is 2.80. The number of thiazole rings is 1. The molecule has 0 amide bonds. The zero-order chi connectivity index (χ0) is 25.4. The third kappa shape index (κ3) is 4.86. The van der Waals surface area contributed by atoms with Crippen LogP contribution in [0.25, 0.3) is 20.8 Å². The Balaban J connectivity index is 1.50. The lowest BCUT2D eigenvalue weighted by molar-refractivity contribution is -0.0333. The van der Waals surface area contributed by atoms with Crippen LogP contribution >= 0.6 is 11.3 Å². The summed E-state index contributed by atoms with van der Waals surface area (Å²) in [5.74, 6) is -1.10. The monoisotopic (exact) mass is 515 g/mol. The lowest BCUT2D eigenvalue weighted by Crippen LogP contribution is -2.36. The summed E-state index contributed by atoms with van der Waals surface area (Å²) in [6.45, 7) is 2.12. The van der Waals surface area contributed by atoms with Gasteiger partial charge in [0.15, 0.2) is 0 Å². The number of halogens is 3. The highest BCUT2D eigenvalue weighted by atomic mass is 32.1. The average molecular weight is 516 g/mol. The Labute approximate surface area is 209 Å². The van der Waals surface area contributed by atoms with Gasteiger partial charge in [-0.25, -0.2) is 23.1 Å². The van der Waals surface area contributed by atoms with E-state index in [1.54, 1.807) is 19.1 Å². The highest BCUT2D eigenvalue weighted by Crippen LogP contribution is 2.39. The molecule has 1 saturated carbocycles. The van der Waals surface area contributed by atoms with E-state index in [9.17, 15) is 23.4 Å². The highest BCUT2D eigenvalue weighted by molar-refractivity contribution is 7.21. The lowest BCUT2D eigenvalue weighted by atomic mass is 10.1. The fourth-order valence-electron chi connectivity index (χ4n) is 4.41. The molecular formula is C25H24F3N5O2S. The quantitative estimate of drug-likeness (QED) is 0.285. The summed E-state index contributed by atoms with van der Waals surface area (Å²) < 4.78 is 41.0. The van der Waals surface area contributed by atoms with Gasteiger partial charge in [0.25, 0.3) is 0 Å². The van der Waals surface area contributed by atoms with Gasteiger partial charge in [-0.1, -0.05) is 24.3 Å². The van der Waals surface area contributed by atoms with Gasteiger partial charge >= 0.3 is 0 Å². The van der Waals surface area contributed by atoms with E-state index in [0.29, 0.717) is 28.6 Å². The van der Waals surface area contributed by atoms with Crippen molar-refractivity contribution in [2.75, 3.05) is 10.6 Å². The number of alkyl halides is 2. The molecule has 0 unspecified atom stereocenters. The fraction of sp³-hybridized carbons (Fsp3) is 0.320. The summed E-state index contributed by atoms with van der Waals surface area (Å²) in [4.78, 5) is 13.8. The van der Waals surface area contributed by atoms with E-state index in [1.165, 1.54) is 23.5 Å². The van der Waals surface area contributed by atoms with Gasteiger partial charge < -0.3 is 20.8 Å². The summed E-state index contributed by atoms with van der Waals surface area (Å²) in [7, 11) is 0. The molecule has 5 rings (SSSR count). The molecule has 36 heavy (non-hydrogen) atoms. The van der Waals surface area contributed by atoms with E-state index in [1.807, 2.05) is 24.3 Å². The first kappa shape index (κ1) is 24.4. The zero-order valence-electron chi connectivity index (χ0n) is 19.2. The molecule has 188 valence electrons. The number of aryl methyl sites for hydroxylation is 1. The Morgan fingerprint density at radius 3 is 2.47 bits per heavy atom. The summed E-state index contributed by atoms with van der Waals surface area (Å²) in [5, 5.41) is 27.5. The van der Waals surface area contributed by atoms with Crippen LogP contribution in [0.15, 0.2) is 48.5 Å². The highest BCUT2D eigenvalue weighted by Gasteiger charge is 2.46. The standard InChI is InChI=1S/C25H24F3N5O2S/c1-12-19(24-32-16-4-2-3-5-18(16)36-24)23(31-17-10-15(22(27)28)20(34)21(17)35)33-25(30-12)29-11-13-6-8-14(26)9-7-13/h2-9,15,17,20-22,34-35H,10-11H2,1H3,(H2,29,30,31,33)/t15-,17+,20+,21-/m0/s1. The van der Waals surface area contributed by atoms with E-state index >= 15 is 0 Å². The van der Waals surface area contributed by atoms with Crippen molar-refractivity contribution in [3.8, 4) is 10.6 Å². The molecule has 1 aliphatic carbocycles. The molecule has 0 aliphatic heterocycles. The summed E-state index contributed by atoms with van der Waals surface area (Å²) in [6, 6.07) is 12.8. The molecule has 2 aromatic carbocycles. The van der Waals surface area contributed by atoms with Crippen molar-refractivity contribution in [1.29, 1.82) is 0 Å². The largest absolute Gasteiger partial charge is 0.390 e. The SMILES string of the molecule is Cc1nc(NCc2ccc(F)cc2)nc(N[C@@H]2C[C@H](C(F)F)[C@@H](O)[C@H]2O)c1-c1nc2ccccc2s1. The van der Waals surface area contributed by atoms with Crippen molar-refractivity contribution in [2.45, 2.75) is 44.6 Å². The number of hydrogen-bond donors (Lipinski definition) is 4. The number of aliphatic hydroxyl groups excluding tert-OH is 2. The molecule has 2 heterocycles. The van der Waals surface area contributed by atoms with E-state index in [0.717, 1.165) is 15.8 Å². The van der Waals surface area contributed by atoms with Gasteiger partial charge in [-0.3, -0.25) is 0 Å². The van der Waals surface area contributed by atoms with E-state index in [-0.39, 0.29) is 18.2 Å². The molecule has 0 saturated heterocycles. The minimum Gasteiger partial charge on any atom is -0.390 e. The third-order valence-electron chi connectivity index (χ3n) is 6.33. The number of aliphatic hydroxyl groups is 2. The van der Waals surface area contributed by atoms with Gasteiger partial charge in [-0.15, -0.1) is 11.3 Å². The molecule has 0 bridgehead atoms. The fourth-order valence-corrected chi connectivity index (χ4v) is 5.47. The Bertz CT molecular complexity index is 1330. The smallest absolute Gasteiger partial charge is 0.244 e. The molecule has 7 nitrogen and oxygen atoms in total. The number of benzene rings is 2. The number of para-hydroxylation sites is 1. The van der Waals surface area contributed by atoms with Gasteiger partial charge in [0.1, 0.15) is 22.7 Å². The second-order valence-electron chi connectivity index (χ2n) is 8.79. The van der Waals surface area contributed by atoms with Crippen LogP contribution in [0.4, 0.5) is 24.9 Å². The van der Waals surface area contributed by atoms with Crippen LogP contribution in [0.2, 0.25) is 0 Å². The van der Waals surface area contributed by atoms with Crippen LogP contribution in [0.5, 0.6) is 0 Å². The van der Waals surface area contributed by atoms with Crippen molar-refractivity contribution in [2.24, 2.45) is 5.92 Å². The van der Waals surface area contributed by atoms with Gasteiger partial charge in [0.2, 0.25) is 12.4 Å². The number of aromatic nitrogens is 3. The second-order valence-corrected chi connectivity index (χ2v) is 9.82. The Kier molecular flexibility index (Phi) is 6.78. The van der Waals surface area contributed by atoms with Crippen LogP contribution < -0.4 is 10.6 Å². The summed E-state index contributed by atoms with van der Waals surface area (Å²) >= 11 is 1.44. The molecule has 4 atom stereocenters. The minimum atomic E-state index is -2.76. The van der Waals surface area contributed by atoms with Crippen molar-refractivity contribution in [3.05, 3.63) is 65.6 Å². The number of anilines is 2. The third-order valence-corrected chi connectivity index (χ3v) is 7.39. The van der Waals surface area contributed by atoms with Crippen molar-refractivity contribution in [3.63, 3.8) is 0 Å².